The Bertz CT molecular complexity index is 603. The van der Waals surface area contributed by atoms with E-state index < -0.39 is 0 Å². The molecule has 0 aliphatic carbocycles. The third-order valence-corrected chi connectivity index (χ3v) is 3.65. The highest BCUT2D eigenvalue weighted by Gasteiger charge is 2.05. The monoisotopic (exact) mass is 286 g/mol. The number of furan rings is 1. The van der Waals surface area contributed by atoms with Crippen molar-refractivity contribution in [3.8, 4) is 6.07 Å². The maximum Gasteiger partial charge on any atom is 0.230 e. The Balaban J connectivity index is 1.73. The quantitative estimate of drug-likeness (QED) is 0.886. The van der Waals surface area contributed by atoms with Gasteiger partial charge >= 0.3 is 0 Å². The lowest BCUT2D eigenvalue weighted by Crippen LogP contribution is -2.24. The first kappa shape index (κ1) is 14.2. The zero-order chi connectivity index (χ0) is 14.2. The first-order valence-corrected chi connectivity index (χ1v) is 7.30. The molecule has 102 valence electrons. The fraction of sp³-hybridized carbons (Fsp3) is 0.200. The molecule has 0 spiro atoms. The van der Waals surface area contributed by atoms with Crippen LogP contribution in [0.5, 0.6) is 0 Å². The number of hydrogen-bond donors (Lipinski definition) is 1. The largest absolute Gasteiger partial charge is 0.467 e. The van der Waals surface area contributed by atoms with Gasteiger partial charge in [-0.25, -0.2) is 0 Å². The Morgan fingerprint density at radius 2 is 2.15 bits per heavy atom. The summed E-state index contributed by atoms with van der Waals surface area (Å²) in [6.45, 7) is 0.404. The molecule has 0 radical (unpaired) electrons. The van der Waals surface area contributed by atoms with Gasteiger partial charge in [-0.3, -0.25) is 4.79 Å². The number of amides is 1. The van der Waals surface area contributed by atoms with E-state index in [-0.39, 0.29) is 5.91 Å². The summed E-state index contributed by atoms with van der Waals surface area (Å²) in [7, 11) is 0. The van der Waals surface area contributed by atoms with Gasteiger partial charge in [0.15, 0.2) is 0 Å². The highest BCUT2D eigenvalue weighted by Crippen LogP contribution is 2.15. The Morgan fingerprint density at radius 1 is 1.30 bits per heavy atom. The van der Waals surface area contributed by atoms with Crippen LogP contribution in [-0.4, -0.2) is 11.7 Å². The van der Waals surface area contributed by atoms with Gasteiger partial charge in [0.1, 0.15) is 5.76 Å². The second-order valence-electron chi connectivity index (χ2n) is 4.12. The number of thioether (sulfide) groups is 1. The molecule has 1 amide bonds. The van der Waals surface area contributed by atoms with E-state index in [2.05, 4.69) is 11.4 Å². The van der Waals surface area contributed by atoms with Gasteiger partial charge in [-0.05, 0) is 23.8 Å². The SMILES string of the molecule is N#Cc1ccccc1CSCC(=O)NCc1ccco1. The van der Waals surface area contributed by atoms with Gasteiger partial charge in [0.2, 0.25) is 5.91 Å². The van der Waals surface area contributed by atoms with Crippen molar-refractivity contribution in [1.29, 1.82) is 5.26 Å². The molecule has 20 heavy (non-hydrogen) atoms. The smallest absolute Gasteiger partial charge is 0.230 e. The third kappa shape index (κ3) is 4.18. The van der Waals surface area contributed by atoms with Crippen LogP contribution in [-0.2, 0) is 17.1 Å². The van der Waals surface area contributed by atoms with Crippen LogP contribution >= 0.6 is 11.8 Å². The number of carbonyl (C=O) groups is 1. The summed E-state index contributed by atoms with van der Waals surface area (Å²) in [5, 5.41) is 11.7. The van der Waals surface area contributed by atoms with Crippen molar-refractivity contribution in [2.75, 3.05) is 5.75 Å². The molecular formula is C15H14N2O2S. The summed E-state index contributed by atoms with van der Waals surface area (Å²) in [5.41, 5.74) is 1.62. The van der Waals surface area contributed by atoms with Gasteiger partial charge in [-0.1, -0.05) is 18.2 Å². The fourth-order valence-corrected chi connectivity index (χ4v) is 2.52. The minimum atomic E-state index is -0.0409. The van der Waals surface area contributed by atoms with Gasteiger partial charge in [0.05, 0.1) is 30.2 Å². The van der Waals surface area contributed by atoms with Gasteiger partial charge < -0.3 is 9.73 Å². The van der Waals surface area contributed by atoms with Crippen LogP contribution in [0.4, 0.5) is 0 Å². The average Bonchev–Trinajstić information content (AvgIpc) is 2.99. The summed E-state index contributed by atoms with van der Waals surface area (Å²) >= 11 is 1.49. The van der Waals surface area contributed by atoms with Crippen LogP contribution in [0.3, 0.4) is 0 Å². The van der Waals surface area contributed by atoms with Crippen molar-refractivity contribution in [3.63, 3.8) is 0 Å². The minimum absolute atomic E-state index is 0.0409. The molecule has 0 bridgehead atoms. The van der Waals surface area contributed by atoms with E-state index in [9.17, 15) is 4.79 Å². The van der Waals surface area contributed by atoms with Crippen LogP contribution in [0.1, 0.15) is 16.9 Å². The molecule has 0 atom stereocenters. The molecule has 0 aliphatic rings. The van der Waals surface area contributed by atoms with Gasteiger partial charge in [0, 0.05) is 5.75 Å². The first-order valence-electron chi connectivity index (χ1n) is 6.14. The van der Waals surface area contributed by atoms with E-state index in [0.717, 1.165) is 11.3 Å². The lowest BCUT2D eigenvalue weighted by molar-refractivity contribution is -0.118. The lowest BCUT2D eigenvalue weighted by atomic mass is 10.1. The van der Waals surface area contributed by atoms with Crippen molar-refractivity contribution < 1.29 is 9.21 Å². The second-order valence-corrected chi connectivity index (χ2v) is 5.10. The maximum atomic E-state index is 11.6. The van der Waals surface area contributed by atoms with Crippen LogP contribution in [0, 0.1) is 11.3 Å². The first-order chi connectivity index (χ1) is 9.79. The summed E-state index contributed by atoms with van der Waals surface area (Å²) in [4.78, 5) is 11.6. The number of nitrogens with one attached hydrogen (secondary N) is 1. The Morgan fingerprint density at radius 3 is 2.90 bits per heavy atom. The summed E-state index contributed by atoms with van der Waals surface area (Å²) in [5.74, 6) is 1.71. The highest BCUT2D eigenvalue weighted by atomic mass is 32.2. The number of benzene rings is 1. The van der Waals surface area contributed by atoms with Crippen LogP contribution in [0.15, 0.2) is 47.1 Å². The van der Waals surface area contributed by atoms with Crippen molar-refractivity contribution in [3.05, 3.63) is 59.5 Å². The van der Waals surface area contributed by atoms with Crippen molar-refractivity contribution in [2.24, 2.45) is 0 Å². The standard InChI is InChI=1S/C15H14N2O2S/c16-8-12-4-1-2-5-13(12)10-20-11-15(18)17-9-14-6-3-7-19-14/h1-7H,9-11H2,(H,17,18). The zero-order valence-corrected chi connectivity index (χ0v) is 11.7. The number of rotatable bonds is 6. The van der Waals surface area contributed by atoms with E-state index >= 15 is 0 Å². The summed E-state index contributed by atoms with van der Waals surface area (Å²) in [6.07, 6.45) is 1.58. The van der Waals surface area contributed by atoms with Crippen molar-refractivity contribution >= 4 is 17.7 Å². The number of hydrogen-bond acceptors (Lipinski definition) is 4. The van der Waals surface area contributed by atoms with Crippen LogP contribution < -0.4 is 5.32 Å². The topological polar surface area (TPSA) is 66.0 Å². The Kier molecular flexibility index (Phi) is 5.27. The molecule has 1 aromatic heterocycles. The molecular weight excluding hydrogens is 272 g/mol. The molecule has 1 aromatic carbocycles. The molecule has 5 heteroatoms. The lowest BCUT2D eigenvalue weighted by Gasteiger charge is -2.05. The maximum absolute atomic E-state index is 11.6. The summed E-state index contributed by atoms with van der Waals surface area (Å²) < 4.78 is 5.13. The van der Waals surface area contributed by atoms with Crippen molar-refractivity contribution in [1.82, 2.24) is 5.32 Å². The van der Waals surface area contributed by atoms with E-state index in [0.29, 0.717) is 23.6 Å². The molecule has 1 heterocycles. The minimum Gasteiger partial charge on any atom is -0.467 e. The van der Waals surface area contributed by atoms with E-state index in [1.165, 1.54) is 11.8 Å². The molecule has 0 saturated carbocycles. The van der Waals surface area contributed by atoms with Crippen LogP contribution in [0.2, 0.25) is 0 Å². The third-order valence-electron chi connectivity index (χ3n) is 2.67. The number of nitrogens with zero attached hydrogens (tertiary/aromatic N) is 1. The van der Waals surface area contributed by atoms with Gasteiger partial charge in [0.25, 0.3) is 0 Å². The number of carbonyl (C=O) groups excluding carboxylic acids is 1. The van der Waals surface area contributed by atoms with E-state index in [4.69, 9.17) is 9.68 Å². The molecule has 2 rings (SSSR count). The molecule has 0 aliphatic heterocycles. The molecule has 4 nitrogen and oxygen atoms in total. The van der Waals surface area contributed by atoms with E-state index in [1.807, 2.05) is 24.3 Å². The van der Waals surface area contributed by atoms with Crippen LogP contribution in [0.25, 0.3) is 0 Å². The predicted octanol–water partition coefficient (Wildman–Crippen LogP) is 2.70. The Labute approximate surface area is 121 Å². The fourth-order valence-electron chi connectivity index (χ4n) is 1.66. The molecule has 2 aromatic rings. The average molecular weight is 286 g/mol. The zero-order valence-electron chi connectivity index (χ0n) is 10.8. The Hall–Kier alpha value is -2.19. The highest BCUT2D eigenvalue weighted by molar-refractivity contribution is 7.99. The normalized spacial score (nSPS) is 9.95. The molecule has 0 saturated heterocycles. The van der Waals surface area contributed by atoms with E-state index in [1.54, 1.807) is 18.4 Å². The summed E-state index contributed by atoms with van der Waals surface area (Å²) in [6, 6.07) is 13.2. The van der Waals surface area contributed by atoms with Gasteiger partial charge in [-0.2, -0.15) is 5.26 Å². The van der Waals surface area contributed by atoms with Crippen molar-refractivity contribution in [2.45, 2.75) is 12.3 Å². The predicted molar refractivity (Wildman–Crippen MR) is 77.9 cm³/mol. The second kappa shape index (κ2) is 7.41. The molecule has 0 fully saturated rings. The van der Waals surface area contributed by atoms with Gasteiger partial charge in [-0.15, -0.1) is 11.8 Å². The molecule has 0 unspecified atom stereocenters. The number of nitriles is 1. The molecule has 1 N–H and O–H groups in total.